The van der Waals surface area contributed by atoms with E-state index in [1.54, 1.807) is 22.9 Å². The van der Waals surface area contributed by atoms with Crippen LogP contribution in [0.1, 0.15) is 12.6 Å². The van der Waals surface area contributed by atoms with Gasteiger partial charge in [-0.3, -0.25) is 9.69 Å². The van der Waals surface area contributed by atoms with Crippen molar-refractivity contribution < 1.29 is 18.7 Å². The molecule has 1 aromatic heterocycles. The Bertz CT molecular complexity index is 789. The molecule has 126 valence electrons. The first-order valence-electron chi connectivity index (χ1n) is 7.47. The van der Waals surface area contributed by atoms with Gasteiger partial charge in [-0.15, -0.1) is 0 Å². The maximum atomic E-state index is 14.4. The Morgan fingerprint density at radius 3 is 2.92 bits per heavy atom. The second-order valence-corrected chi connectivity index (χ2v) is 5.61. The molecule has 7 nitrogen and oxygen atoms in total. The van der Waals surface area contributed by atoms with Crippen LogP contribution in [-0.4, -0.2) is 40.7 Å². The second-order valence-electron chi connectivity index (χ2n) is 5.61. The van der Waals surface area contributed by atoms with Gasteiger partial charge in [-0.1, -0.05) is 0 Å². The summed E-state index contributed by atoms with van der Waals surface area (Å²) in [7, 11) is 0. The Morgan fingerprint density at radius 1 is 1.50 bits per heavy atom. The lowest BCUT2D eigenvalue weighted by Crippen LogP contribution is -2.33. The first-order valence-corrected chi connectivity index (χ1v) is 7.47. The molecular formula is C16H17FN4O3. The largest absolute Gasteiger partial charge is 0.442 e. The number of anilines is 1. The normalized spacial score (nSPS) is 17.0. The fourth-order valence-electron chi connectivity index (χ4n) is 2.52. The number of amides is 2. The van der Waals surface area contributed by atoms with E-state index < -0.39 is 18.0 Å². The highest BCUT2D eigenvalue weighted by Crippen LogP contribution is 2.25. The van der Waals surface area contributed by atoms with Gasteiger partial charge in [-0.05, 0) is 25.1 Å². The van der Waals surface area contributed by atoms with Crippen molar-refractivity contribution in [1.82, 2.24) is 14.9 Å². The summed E-state index contributed by atoms with van der Waals surface area (Å²) in [6.45, 7) is 3.69. The highest BCUT2D eigenvalue weighted by molar-refractivity contribution is 5.90. The summed E-state index contributed by atoms with van der Waals surface area (Å²) < 4.78 is 21.1. The van der Waals surface area contributed by atoms with Gasteiger partial charge in [0, 0.05) is 13.1 Å². The second kappa shape index (κ2) is 6.31. The van der Waals surface area contributed by atoms with Crippen LogP contribution in [0.25, 0.3) is 5.69 Å². The van der Waals surface area contributed by atoms with Gasteiger partial charge >= 0.3 is 6.09 Å². The van der Waals surface area contributed by atoms with Crippen molar-refractivity contribution in [2.24, 2.45) is 0 Å². The molecule has 1 saturated heterocycles. The van der Waals surface area contributed by atoms with E-state index in [0.717, 1.165) is 5.69 Å². The lowest BCUT2D eigenvalue weighted by Gasteiger charge is -2.14. The molecule has 8 heteroatoms. The van der Waals surface area contributed by atoms with E-state index in [0.29, 0.717) is 11.4 Å². The number of aryl methyl sites for hydroxylation is 1. The monoisotopic (exact) mass is 332 g/mol. The molecule has 1 aromatic carbocycles. The number of rotatable bonds is 4. The Morgan fingerprint density at radius 2 is 2.29 bits per heavy atom. The molecule has 0 saturated carbocycles. The van der Waals surface area contributed by atoms with E-state index in [9.17, 15) is 14.0 Å². The first kappa shape index (κ1) is 16.0. The minimum Gasteiger partial charge on any atom is -0.442 e. The zero-order valence-corrected chi connectivity index (χ0v) is 13.3. The fraction of sp³-hybridized carbons (Fsp3) is 0.312. The number of nitrogens with zero attached hydrogens (tertiary/aromatic N) is 3. The summed E-state index contributed by atoms with van der Waals surface area (Å²) in [6.07, 6.45) is 2.23. The molecule has 1 aliphatic heterocycles. The average molecular weight is 332 g/mol. The summed E-state index contributed by atoms with van der Waals surface area (Å²) in [5, 5.41) is 2.60. The smallest absolute Gasteiger partial charge is 0.414 e. The van der Waals surface area contributed by atoms with Gasteiger partial charge in [0.25, 0.3) is 0 Å². The van der Waals surface area contributed by atoms with Gasteiger partial charge in [0.1, 0.15) is 11.9 Å². The van der Waals surface area contributed by atoms with Crippen LogP contribution < -0.4 is 10.2 Å². The average Bonchev–Trinajstić information content (AvgIpc) is 3.11. The SMILES string of the molecule is CC(=O)NC[C@H]1CN(c2ccc(-n3cnc(C)c3)c(F)c2)C(=O)O1. The number of hydrogen-bond acceptors (Lipinski definition) is 4. The van der Waals surface area contributed by atoms with Gasteiger partial charge in [0.2, 0.25) is 5.91 Å². The number of nitrogens with one attached hydrogen (secondary N) is 1. The molecule has 0 bridgehead atoms. The van der Waals surface area contributed by atoms with Crippen molar-refractivity contribution in [3.8, 4) is 5.69 Å². The van der Waals surface area contributed by atoms with Crippen LogP contribution in [0.5, 0.6) is 0 Å². The molecule has 1 fully saturated rings. The summed E-state index contributed by atoms with van der Waals surface area (Å²) in [5.41, 5.74) is 1.53. The van der Waals surface area contributed by atoms with E-state index in [1.165, 1.54) is 24.2 Å². The molecule has 1 aliphatic rings. The lowest BCUT2D eigenvalue weighted by atomic mass is 10.2. The van der Waals surface area contributed by atoms with Crippen LogP contribution in [0.3, 0.4) is 0 Å². The standard InChI is InChI=1S/C16H17FN4O3/c1-10-7-20(9-19-10)15-4-3-12(5-14(15)17)21-8-13(24-16(21)23)6-18-11(2)22/h3-5,7,9,13H,6,8H2,1-2H3,(H,18,22)/t13-/m0/s1. The quantitative estimate of drug-likeness (QED) is 0.926. The van der Waals surface area contributed by atoms with Crippen molar-refractivity contribution in [2.45, 2.75) is 20.0 Å². The van der Waals surface area contributed by atoms with Gasteiger partial charge in [-0.2, -0.15) is 0 Å². The molecule has 2 amide bonds. The predicted octanol–water partition coefficient (Wildman–Crippen LogP) is 1.78. The van der Waals surface area contributed by atoms with Crippen molar-refractivity contribution in [2.75, 3.05) is 18.0 Å². The Kier molecular flexibility index (Phi) is 4.20. The molecule has 0 radical (unpaired) electrons. The molecule has 2 aromatic rings. The van der Waals surface area contributed by atoms with E-state index in [2.05, 4.69) is 10.3 Å². The molecular weight excluding hydrogens is 315 g/mol. The Hall–Kier alpha value is -2.90. The number of hydrogen-bond donors (Lipinski definition) is 1. The van der Waals surface area contributed by atoms with Crippen molar-refractivity contribution in [3.05, 3.63) is 42.2 Å². The van der Waals surface area contributed by atoms with Gasteiger partial charge in [-0.25, -0.2) is 14.2 Å². The minimum absolute atomic E-state index is 0.199. The molecule has 1 atom stereocenters. The van der Waals surface area contributed by atoms with Crippen LogP contribution in [0.4, 0.5) is 14.9 Å². The molecule has 1 N–H and O–H groups in total. The summed E-state index contributed by atoms with van der Waals surface area (Å²) in [4.78, 5) is 28.3. The molecule has 3 rings (SSSR count). The van der Waals surface area contributed by atoms with Crippen LogP contribution in [0.2, 0.25) is 0 Å². The highest BCUT2D eigenvalue weighted by Gasteiger charge is 2.32. The van der Waals surface area contributed by atoms with E-state index in [4.69, 9.17) is 4.74 Å². The molecule has 0 spiro atoms. The maximum Gasteiger partial charge on any atom is 0.414 e. The topological polar surface area (TPSA) is 76.5 Å². The number of carbonyl (C=O) groups excluding carboxylic acids is 2. The Labute approximate surface area is 138 Å². The fourth-order valence-corrected chi connectivity index (χ4v) is 2.52. The summed E-state index contributed by atoms with van der Waals surface area (Å²) in [6, 6.07) is 4.52. The van der Waals surface area contributed by atoms with Crippen molar-refractivity contribution in [3.63, 3.8) is 0 Å². The lowest BCUT2D eigenvalue weighted by molar-refractivity contribution is -0.119. The van der Waals surface area contributed by atoms with E-state index >= 15 is 0 Å². The highest BCUT2D eigenvalue weighted by atomic mass is 19.1. The third kappa shape index (κ3) is 3.22. The number of carbonyl (C=O) groups is 2. The number of imidazole rings is 1. The van der Waals surface area contributed by atoms with E-state index in [1.807, 2.05) is 6.92 Å². The van der Waals surface area contributed by atoms with E-state index in [-0.39, 0.29) is 19.0 Å². The third-order valence-electron chi connectivity index (χ3n) is 3.69. The summed E-state index contributed by atoms with van der Waals surface area (Å²) in [5.74, 6) is -0.668. The van der Waals surface area contributed by atoms with Crippen LogP contribution in [0.15, 0.2) is 30.7 Å². The predicted molar refractivity (Wildman–Crippen MR) is 84.6 cm³/mol. The third-order valence-corrected chi connectivity index (χ3v) is 3.69. The number of benzene rings is 1. The van der Waals surface area contributed by atoms with Crippen molar-refractivity contribution in [1.29, 1.82) is 0 Å². The first-order chi connectivity index (χ1) is 11.4. The zero-order valence-electron chi connectivity index (χ0n) is 13.3. The molecule has 0 unspecified atom stereocenters. The maximum absolute atomic E-state index is 14.4. The van der Waals surface area contributed by atoms with Crippen LogP contribution in [-0.2, 0) is 9.53 Å². The number of halogens is 1. The number of aromatic nitrogens is 2. The Balaban J connectivity index is 1.77. The van der Waals surface area contributed by atoms with Crippen molar-refractivity contribution >= 4 is 17.7 Å². The minimum atomic E-state index is -0.559. The molecule has 24 heavy (non-hydrogen) atoms. The van der Waals surface area contributed by atoms with Gasteiger partial charge in [0.05, 0.1) is 36.5 Å². The number of ether oxygens (including phenoxy) is 1. The van der Waals surface area contributed by atoms with Crippen LogP contribution in [0, 0.1) is 12.7 Å². The summed E-state index contributed by atoms with van der Waals surface area (Å²) >= 11 is 0. The van der Waals surface area contributed by atoms with Crippen LogP contribution >= 0.6 is 0 Å². The van der Waals surface area contributed by atoms with Gasteiger partial charge in [0.15, 0.2) is 0 Å². The molecule has 2 heterocycles. The van der Waals surface area contributed by atoms with Gasteiger partial charge < -0.3 is 14.6 Å². The number of cyclic esters (lactones) is 1. The zero-order chi connectivity index (χ0) is 17.3. The molecule has 0 aliphatic carbocycles.